The van der Waals surface area contributed by atoms with Crippen LogP contribution in [0.3, 0.4) is 0 Å². The molecule has 0 spiro atoms. The van der Waals surface area contributed by atoms with Crippen molar-refractivity contribution in [3.05, 3.63) is 52.0 Å². The summed E-state index contributed by atoms with van der Waals surface area (Å²) < 4.78 is 40.5. The summed E-state index contributed by atoms with van der Waals surface area (Å²) in [6.07, 6.45) is 0. The fourth-order valence-corrected chi connectivity index (χ4v) is 4.39. The van der Waals surface area contributed by atoms with Crippen molar-refractivity contribution in [2.24, 2.45) is 0 Å². The van der Waals surface area contributed by atoms with E-state index in [4.69, 9.17) is 5.11 Å². The maximum Gasteiger partial charge on any atom is 0.242 e. The van der Waals surface area contributed by atoms with Crippen LogP contribution < -0.4 is 4.72 Å². The molecule has 0 aliphatic carbocycles. The number of sulfonamides is 1. The molecule has 1 unspecified atom stereocenters. The van der Waals surface area contributed by atoms with Gasteiger partial charge in [0.25, 0.3) is 0 Å². The van der Waals surface area contributed by atoms with Crippen molar-refractivity contribution in [1.29, 1.82) is 0 Å². The zero-order valence-electron chi connectivity index (χ0n) is 10.7. The van der Waals surface area contributed by atoms with Gasteiger partial charge in [-0.25, -0.2) is 17.5 Å². The summed E-state index contributed by atoms with van der Waals surface area (Å²) in [6, 6.07) is 6.72. The molecule has 0 radical (unpaired) electrons. The highest BCUT2D eigenvalue weighted by Crippen LogP contribution is 2.24. The predicted molar refractivity (Wildman–Crippen MR) is 75.4 cm³/mol. The van der Waals surface area contributed by atoms with Crippen LogP contribution >= 0.6 is 11.3 Å². The molecule has 0 saturated carbocycles. The molecular formula is C13H14FNO3S2. The molecule has 2 aromatic rings. The van der Waals surface area contributed by atoms with E-state index in [0.717, 1.165) is 11.3 Å². The number of hydrogen-bond donors (Lipinski definition) is 2. The van der Waals surface area contributed by atoms with Crippen molar-refractivity contribution in [3.8, 4) is 0 Å². The van der Waals surface area contributed by atoms with Crippen LogP contribution in [0, 0.1) is 5.82 Å². The van der Waals surface area contributed by atoms with Gasteiger partial charge in [-0.05, 0) is 24.4 Å². The summed E-state index contributed by atoms with van der Waals surface area (Å²) in [5, 5.41) is 10.7. The van der Waals surface area contributed by atoms with Crippen LogP contribution in [-0.4, -0.2) is 13.5 Å². The van der Waals surface area contributed by atoms with E-state index in [1.54, 1.807) is 24.4 Å². The van der Waals surface area contributed by atoms with E-state index in [-0.39, 0.29) is 17.1 Å². The second-order valence-corrected chi connectivity index (χ2v) is 6.91. The average Bonchev–Trinajstić information content (AvgIpc) is 2.87. The number of aliphatic hydroxyl groups is 1. The van der Waals surface area contributed by atoms with Gasteiger partial charge in [0.1, 0.15) is 5.82 Å². The molecule has 1 aromatic carbocycles. The Hall–Kier alpha value is -1.28. The first-order valence-corrected chi connectivity index (χ1v) is 8.26. The lowest BCUT2D eigenvalue weighted by atomic mass is 10.1. The molecule has 20 heavy (non-hydrogen) atoms. The van der Waals surface area contributed by atoms with Crippen LogP contribution in [0.15, 0.2) is 40.6 Å². The molecule has 7 heteroatoms. The van der Waals surface area contributed by atoms with Gasteiger partial charge in [-0.3, -0.25) is 0 Å². The Kier molecular flexibility index (Phi) is 4.54. The van der Waals surface area contributed by atoms with E-state index in [2.05, 4.69) is 4.72 Å². The Morgan fingerprint density at radius 2 is 2.05 bits per heavy atom. The van der Waals surface area contributed by atoms with Crippen LogP contribution in [0.1, 0.15) is 23.4 Å². The van der Waals surface area contributed by atoms with Gasteiger partial charge < -0.3 is 5.11 Å². The average molecular weight is 315 g/mol. The number of thiophene rings is 1. The normalized spacial score (nSPS) is 13.3. The SMILES string of the molecule is CC(NS(=O)(=O)c1ccsc1CO)c1ccccc1F. The topological polar surface area (TPSA) is 66.4 Å². The van der Waals surface area contributed by atoms with Gasteiger partial charge in [0, 0.05) is 16.5 Å². The highest BCUT2D eigenvalue weighted by atomic mass is 32.2. The maximum absolute atomic E-state index is 13.6. The van der Waals surface area contributed by atoms with E-state index >= 15 is 0 Å². The predicted octanol–water partition coefficient (Wildman–Crippen LogP) is 2.42. The molecule has 1 atom stereocenters. The molecule has 0 fully saturated rings. The molecular weight excluding hydrogens is 301 g/mol. The molecule has 0 aliphatic rings. The standard InChI is InChI=1S/C13H14FNO3S2/c1-9(10-4-2-3-5-11(10)14)15-20(17,18)13-6-7-19-12(13)8-16/h2-7,9,15-16H,8H2,1H3. The van der Waals surface area contributed by atoms with Crippen LogP contribution in [0.4, 0.5) is 4.39 Å². The maximum atomic E-state index is 13.6. The van der Waals surface area contributed by atoms with Gasteiger partial charge in [0.15, 0.2) is 0 Å². The third-order valence-corrected chi connectivity index (χ3v) is 5.50. The lowest BCUT2D eigenvalue weighted by Crippen LogP contribution is -2.27. The summed E-state index contributed by atoms with van der Waals surface area (Å²) in [6.45, 7) is 1.23. The Morgan fingerprint density at radius 3 is 2.70 bits per heavy atom. The number of hydrogen-bond acceptors (Lipinski definition) is 4. The minimum Gasteiger partial charge on any atom is -0.391 e. The summed E-state index contributed by atoms with van der Waals surface area (Å²) in [7, 11) is -3.79. The molecule has 4 nitrogen and oxygen atoms in total. The number of benzene rings is 1. The molecule has 0 bridgehead atoms. The Bertz CT molecular complexity index is 697. The molecule has 2 rings (SSSR count). The van der Waals surface area contributed by atoms with Gasteiger partial charge in [0.05, 0.1) is 11.5 Å². The molecule has 0 aliphatic heterocycles. The largest absolute Gasteiger partial charge is 0.391 e. The minimum atomic E-state index is -3.79. The molecule has 1 heterocycles. The smallest absolute Gasteiger partial charge is 0.242 e. The molecule has 108 valence electrons. The summed E-state index contributed by atoms with van der Waals surface area (Å²) >= 11 is 1.16. The number of rotatable bonds is 5. The minimum absolute atomic E-state index is 0.0354. The van der Waals surface area contributed by atoms with Crippen LogP contribution in [0.2, 0.25) is 0 Å². The number of halogens is 1. The first kappa shape index (κ1) is 15.1. The number of nitrogens with one attached hydrogen (secondary N) is 1. The fourth-order valence-electron chi connectivity index (χ4n) is 1.87. The molecule has 0 amide bonds. The second kappa shape index (κ2) is 6.01. The fraction of sp³-hybridized carbons (Fsp3) is 0.231. The first-order chi connectivity index (χ1) is 9.45. The van der Waals surface area contributed by atoms with E-state index < -0.39 is 21.9 Å². The quantitative estimate of drug-likeness (QED) is 0.890. The second-order valence-electron chi connectivity index (χ2n) is 4.23. The van der Waals surface area contributed by atoms with Crippen molar-refractivity contribution in [3.63, 3.8) is 0 Å². The van der Waals surface area contributed by atoms with Crippen molar-refractivity contribution < 1.29 is 17.9 Å². The highest BCUT2D eigenvalue weighted by molar-refractivity contribution is 7.89. The van der Waals surface area contributed by atoms with Crippen molar-refractivity contribution in [2.45, 2.75) is 24.5 Å². The highest BCUT2D eigenvalue weighted by Gasteiger charge is 2.23. The Morgan fingerprint density at radius 1 is 1.35 bits per heavy atom. The van der Waals surface area contributed by atoms with Crippen molar-refractivity contribution >= 4 is 21.4 Å². The third kappa shape index (κ3) is 3.06. The van der Waals surface area contributed by atoms with E-state index in [9.17, 15) is 12.8 Å². The first-order valence-electron chi connectivity index (χ1n) is 5.89. The lowest BCUT2D eigenvalue weighted by molar-refractivity contribution is 0.282. The van der Waals surface area contributed by atoms with Gasteiger partial charge in [-0.2, -0.15) is 0 Å². The summed E-state index contributed by atoms with van der Waals surface area (Å²) in [4.78, 5) is 0.395. The van der Waals surface area contributed by atoms with Gasteiger partial charge in [-0.1, -0.05) is 18.2 Å². The zero-order valence-corrected chi connectivity index (χ0v) is 12.3. The monoisotopic (exact) mass is 315 g/mol. The Balaban J connectivity index is 2.27. The van der Waals surface area contributed by atoms with Crippen LogP contribution in [0.25, 0.3) is 0 Å². The number of aliphatic hydroxyl groups excluding tert-OH is 1. The van der Waals surface area contributed by atoms with E-state index in [0.29, 0.717) is 4.88 Å². The van der Waals surface area contributed by atoms with Gasteiger partial charge in [-0.15, -0.1) is 11.3 Å². The van der Waals surface area contributed by atoms with E-state index in [1.165, 1.54) is 18.2 Å². The van der Waals surface area contributed by atoms with Crippen molar-refractivity contribution in [1.82, 2.24) is 4.72 Å². The van der Waals surface area contributed by atoms with Gasteiger partial charge in [0.2, 0.25) is 10.0 Å². The van der Waals surface area contributed by atoms with E-state index in [1.807, 2.05) is 0 Å². The van der Waals surface area contributed by atoms with Gasteiger partial charge >= 0.3 is 0 Å². The van der Waals surface area contributed by atoms with Crippen LogP contribution in [0.5, 0.6) is 0 Å². The zero-order chi connectivity index (χ0) is 14.8. The molecule has 2 N–H and O–H groups in total. The van der Waals surface area contributed by atoms with Crippen molar-refractivity contribution in [2.75, 3.05) is 0 Å². The Labute approximate surface area is 120 Å². The molecule has 0 saturated heterocycles. The molecule has 1 aromatic heterocycles. The third-order valence-electron chi connectivity index (χ3n) is 2.84. The summed E-state index contributed by atoms with van der Waals surface area (Å²) in [5.74, 6) is -0.463. The van der Waals surface area contributed by atoms with Crippen LogP contribution in [-0.2, 0) is 16.6 Å². The summed E-state index contributed by atoms with van der Waals surface area (Å²) in [5.41, 5.74) is 0.275. The lowest BCUT2D eigenvalue weighted by Gasteiger charge is -2.15.